The molecule has 0 aliphatic rings. The number of nitrogens with zero attached hydrogens (tertiary/aromatic N) is 4. The summed E-state index contributed by atoms with van der Waals surface area (Å²) in [6, 6.07) is 1.72. The molecule has 2 heterocycles. The Kier molecular flexibility index (Phi) is 2.15. The van der Waals surface area contributed by atoms with Gasteiger partial charge in [-0.2, -0.15) is 0 Å². The Morgan fingerprint density at radius 3 is 2.71 bits per heavy atom. The van der Waals surface area contributed by atoms with Crippen LogP contribution >= 0.6 is 11.6 Å². The summed E-state index contributed by atoms with van der Waals surface area (Å²) in [7, 11) is 0. The van der Waals surface area contributed by atoms with Gasteiger partial charge >= 0.3 is 0 Å². The number of aryl methyl sites for hydroxylation is 1. The minimum absolute atomic E-state index is 0.326. The van der Waals surface area contributed by atoms with Crippen LogP contribution in [0.4, 0.5) is 0 Å². The minimum Gasteiger partial charge on any atom is -0.266 e. The molecule has 2 aromatic heterocycles. The maximum atomic E-state index is 5.82. The zero-order valence-electron chi connectivity index (χ0n) is 8.32. The summed E-state index contributed by atoms with van der Waals surface area (Å²) in [6.07, 6.45) is 0. The molecular weight excluding hydrogens is 200 g/mol. The van der Waals surface area contributed by atoms with Crippen molar-refractivity contribution in [3.63, 3.8) is 0 Å². The number of hydrogen-bond acceptors (Lipinski definition) is 3. The largest absolute Gasteiger partial charge is 0.266 e. The Balaban J connectivity index is 2.79. The fourth-order valence-electron chi connectivity index (χ4n) is 1.45. The first-order valence-electron chi connectivity index (χ1n) is 4.47. The van der Waals surface area contributed by atoms with Gasteiger partial charge in [0.2, 0.25) is 0 Å². The molecule has 0 saturated carbocycles. The van der Waals surface area contributed by atoms with Gasteiger partial charge in [-0.05, 0) is 6.92 Å². The van der Waals surface area contributed by atoms with Crippen LogP contribution in [0.25, 0.3) is 5.65 Å². The average Bonchev–Trinajstić information content (AvgIpc) is 2.47. The summed E-state index contributed by atoms with van der Waals surface area (Å²) >= 11 is 5.82. The monoisotopic (exact) mass is 210 g/mol. The Morgan fingerprint density at radius 1 is 1.36 bits per heavy atom. The number of fused-ring (bicyclic) bond motifs is 1. The van der Waals surface area contributed by atoms with Crippen molar-refractivity contribution < 1.29 is 0 Å². The van der Waals surface area contributed by atoms with Crippen molar-refractivity contribution in [2.45, 2.75) is 26.7 Å². The van der Waals surface area contributed by atoms with E-state index in [1.54, 1.807) is 6.07 Å². The van der Waals surface area contributed by atoms with Crippen LogP contribution in [-0.4, -0.2) is 19.6 Å². The van der Waals surface area contributed by atoms with Crippen molar-refractivity contribution in [1.29, 1.82) is 0 Å². The molecule has 0 fully saturated rings. The van der Waals surface area contributed by atoms with Gasteiger partial charge in [-0.15, -0.1) is 10.2 Å². The van der Waals surface area contributed by atoms with E-state index in [0.29, 0.717) is 11.1 Å². The van der Waals surface area contributed by atoms with Gasteiger partial charge in [-0.1, -0.05) is 25.4 Å². The fourth-order valence-corrected chi connectivity index (χ4v) is 1.67. The fraction of sp³-hybridized carbons (Fsp3) is 0.444. The summed E-state index contributed by atoms with van der Waals surface area (Å²) in [6.45, 7) is 6.04. The first-order chi connectivity index (χ1) is 6.59. The highest BCUT2D eigenvalue weighted by molar-refractivity contribution is 6.29. The SMILES string of the molecule is Cc1nc(Cl)cc2nnc(C(C)C)n12. The second-order valence-electron chi connectivity index (χ2n) is 3.53. The molecule has 0 aliphatic heterocycles. The lowest BCUT2D eigenvalue weighted by molar-refractivity contribution is 0.744. The Labute approximate surface area is 86.9 Å². The normalized spacial score (nSPS) is 11.5. The quantitative estimate of drug-likeness (QED) is 0.678. The van der Waals surface area contributed by atoms with E-state index >= 15 is 0 Å². The van der Waals surface area contributed by atoms with Crippen LogP contribution in [0, 0.1) is 6.92 Å². The van der Waals surface area contributed by atoms with Crippen LogP contribution in [0.2, 0.25) is 5.15 Å². The van der Waals surface area contributed by atoms with Crippen molar-refractivity contribution in [3.05, 3.63) is 22.9 Å². The van der Waals surface area contributed by atoms with Crippen LogP contribution in [0.15, 0.2) is 6.07 Å². The van der Waals surface area contributed by atoms with Gasteiger partial charge < -0.3 is 0 Å². The van der Waals surface area contributed by atoms with E-state index < -0.39 is 0 Å². The highest BCUT2D eigenvalue weighted by Crippen LogP contribution is 2.17. The maximum Gasteiger partial charge on any atom is 0.165 e. The Morgan fingerprint density at radius 2 is 2.07 bits per heavy atom. The van der Waals surface area contributed by atoms with E-state index in [1.807, 2.05) is 11.3 Å². The van der Waals surface area contributed by atoms with Crippen LogP contribution in [0.1, 0.15) is 31.4 Å². The number of hydrogen-bond donors (Lipinski definition) is 0. The molecule has 2 aromatic rings. The molecule has 0 amide bonds. The molecule has 0 aliphatic carbocycles. The van der Waals surface area contributed by atoms with Gasteiger partial charge in [0.15, 0.2) is 5.65 Å². The third-order valence-electron chi connectivity index (χ3n) is 2.07. The van der Waals surface area contributed by atoms with Crippen molar-refractivity contribution in [2.24, 2.45) is 0 Å². The van der Waals surface area contributed by atoms with Crippen molar-refractivity contribution in [1.82, 2.24) is 19.6 Å². The van der Waals surface area contributed by atoms with Gasteiger partial charge in [-0.25, -0.2) is 4.98 Å². The lowest BCUT2D eigenvalue weighted by atomic mass is 10.2. The summed E-state index contributed by atoms with van der Waals surface area (Å²) in [5, 5.41) is 8.62. The van der Waals surface area contributed by atoms with Gasteiger partial charge in [0.1, 0.15) is 16.8 Å². The highest BCUT2D eigenvalue weighted by Gasteiger charge is 2.12. The topological polar surface area (TPSA) is 43.1 Å². The van der Waals surface area contributed by atoms with Crippen LogP contribution in [0.3, 0.4) is 0 Å². The Bertz CT molecular complexity index is 475. The summed E-state index contributed by atoms with van der Waals surface area (Å²) in [5.74, 6) is 2.06. The predicted molar refractivity (Wildman–Crippen MR) is 54.6 cm³/mol. The van der Waals surface area contributed by atoms with Gasteiger partial charge in [0, 0.05) is 12.0 Å². The van der Waals surface area contributed by atoms with E-state index in [0.717, 1.165) is 17.3 Å². The van der Waals surface area contributed by atoms with E-state index in [1.165, 1.54) is 0 Å². The molecule has 0 atom stereocenters. The van der Waals surface area contributed by atoms with Crippen molar-refractivity contribution in [3.8, 4) is 0 Å². The molecule has 2 rings (SSSR count). The van der Waals surface area contributed by atoms with Gasteiger partial charge in [0.05, 0.1) is 0 Å². The van der Waals surface area contributed by atoms with E-state index in [2.05, 4.69) is 29.0 Å². The minimum atomic E-state index is 0.326. The van der Waals surface area contributed by atoms with E-state index in [-0.39, 0.29) is 0 Å². The summed E-state index contributed by atoms with van der Waals surface area (Å²) in [4.78, 5) is 4.17. The van der Waals surface area contributed by atoms with Crippen LogP contribution in [-0.2, 0) is 0 Å². The predicted octanol–water partition coefficient (Wildman–Crippen LogP) is 2.21. The molecule has 74 valence electrons. The first-order valence-corrected chi connectivity index (χ1v) is 4.85. The molecular formula is C9H11ClN4. The third kappa shape index (κ3) is 1.35. The molecule has 0 saturated heterocycles. The van der Waals surface area contributed by atoms with Crippen LogP contribution in [0.5, 0.6) is 0 Å². The van der Waals surface area contributed by atoms with E-state index in [9.17, 15) is 0 Å². The second-order valence-corrected chi connectivity index (χ2v) is 3.92. The first kappa shape index (κ1) is 9.40. The summed E-state index contributed by atoms with van der Waals surface area (Å²) in [5.41, 5.74) is 0.756. The smallest absolute Gasteiger partial charge is 0.165 e. The number of aromatic nitrogens is 4. The standard InChI is InChI=1S/C9H11ClN4/c1-5(2)9-13-12-8-4-7(10)11-6(3)14(8)9/h4-5H,1-3H3. The van der Waals surface area contributed by atoms with Gasteiger partial charge in [0.25, 0.3) is 0 Å². The molecule has 0 unspecified atom stereocenters. The van der Waals surface area contributed by atoms with E-state index in [4.69, 9.17) is 11.6 Å². The molecule has 0 N–H and O–H groups in total. The molecule has 0 bridgehead atoms. The zero-order chi connectivity index (χ0) is 10.3. The maximum absolute atomic E-state index is 5.82. The Hall–Kier alpha value is -1.16. The number of rotatable bonds is 1. The lowest BCUT2D eigenvalue weighted by Gasteiger charge is -2.05. The molecule has 14 heavy (non-hydrogen) atoms. The number of halogens is 1. The second kappa shape index (κ2) is 3.20. The average molecular weight is 211 g/mol. The molecule has 0 radical (unpaired) electrons. The molecule has 4 nitrogen and oxygen atoms in total. The molecule has 0 spiro atoms. The van der Waals surface area contributed by atoms with Crippen LogP contribution < -0.4 is 0 Å². The van der Waals surface area contributed by atoms with Crippen molar-refractivity contribution >= 4 is 17.2 Å². The summed E-state index contributed by atoms with van der Waals surface area (Å²) < 4.78 is 1.93. The zero-order valence-corrected chi connectivity index (χ0v) is 9.08. The third-order valence-corrected chi connectivity index (χ3v) is 2.26. The lowest BCUT2D eigenvalue weighted by Crippen LogP contribution is -2.02. The molecule has 5 heteroatoms. The highest BCUT2D eigenvalue weighted by atomic mass is 35.5. The molecule has 0 aromatic carbocycles. The van der Waals surface area contributed by atoms with Gasteiger partial charge in [-0.3, -0.25) is 4.40 Å². The van der Waals surface area contributed by atoms with Crippen molar-refractivity contribution in [2.75, 3.05) is 0 Å².